The lowest BCUT2D eigenvalue weighted by Crippen LogP contribution is -2.48. The highest BCUT2D eigenvalue weighted by Crippen LogP contribution is 2.38. The summed E-state index contributed by atoms with van der Waals surface area (Å²) in [6.45, 7) is 5.92. The fourth-order valence-electron chi connectivity index (χ4n) is 6.31. The van der Waals surface area contributed by atoms with E-state index in [0.29, 0.717) is 29.5 Å². The number of piperazine rings is 1. The molecule has 43 heavy (non-hydrogen) atoms. The van der Waals surface area contributed by atoms with Crippen molar-refractivity contribution in [2.75, 3.05) is 31.5 Å². The van der Waals surface area contributed by atoms with Gasteiger partial charge in [-0.15, -0.1) is 11.3 Å². The monoisotopic (exact) mass is 607 g/mol. The van der Waals surface area contributed by atoms with Crippen LogP contribution in [-0.4, -0.2) is 51.4 Å². The number of benzene rings is 2. The number of thiazole rings is 1. The van der Waals surface area contributed by atoms with E-state index in [1.54, 1.807) is 6.07 Å². The zero-order valence-corrected chi connectivity index (χ0v) is 25.1. The number of anilines is 2. The average molecular weight is 608 g/mol. The molecule has 6 nitrogen and oxygen atoms in total. The first kappa shape index (κ1) is 29.4. The second-order valence-corrected chi connectivity index (χ2v) is 12.3. The van der Waals surface area contributed by atoms with Crippen molar-refractivity contribution in [3.8, 4) is 11.4 Å². The predicted molar refractivity (Wildman–Crippen MR) is 165 cm³/mol. The van der Waals surface area contributed by atoms with Crippen LogP contribution in [-0.2, 0) is 12.7 Å². The highest BCUT2D eigenvalue weighted by Gasteiger charge is 2.31. The molecule has 0 atom stereocenters. The quantitative estimate of drug-likeness (QED) is 0.230. The summed E-state index contributed by atoms with van der Waals surface area (Å²) >= 11 is 1.34. The number of hydrogen-bond donors (Lipinski definition) is 1. The first-order chi connectivity index (χ1) is 20.8. The highest BCUT2D eigenvalue weighted by atomic mass is 32.1. The van der Waals surface area contributed by atoms with Crippen LogP contribution in [0.1, 0.15) is 65.3 Å². The van der Waals surface area contributed by atoms with Crippen molar-refractivity contribution in [3.63, 3.8) is 0 Å². The van der Waals surface area contributed by atoms with Crippen LogP contribution in [0.2, 0.25) is 0 Å². The minimum Gasteiger partial charge on any atom is -0.340 e. The van der Waals surface area contributed by atoms with Crippen LogP contribution in [0.25, 0.3) is 11.4 Å². The Labute approximate surface area is 254 Å². The van der Waals surface area contributed by atoms with E-state index in [2.05, 4.69) is 39.0 Å². The number of rotatable bonds is 7. The molecule has 3 heterocycles. The Morgan fingerprint density at radius 2 is 1.72 bits per heavy atom. The molecule has 4 aromatic rings. The summed E-state index contributed by atoms with van der Waals surface area (Å²) in [6.07, 6.45) is 1.19. The van der Waals surface area contributed by atoms with Crippen LogP contribution in [0.5, 0.6) is 0 Å². The number of aromatic nitrogens is 2. The summed E-state index contributed by atoms with van der Waals surface area (Å²) < 4.78 is 42.0. The van der Waals surface area contributed by atoms with Gasteiger partial charge in [0.25, 0.3) is 5.91 Å². The zero-order valence-electron chi connectivity index (χ0n) is 24.2. The third-order valence-electron chi connectivity index (χ3n) is 8.58. The molecule has 2 aromatic heterocycles. The molecule has 2 aromatic carbocycles. The first-order valence-corrected chi connectivity index (χ1v) is 15.8. The van der Waals surface area contributed by atoms with Crippen LogP contribution in [0.15, 0.2) is 66.0 Å². The Kier molecular flexibility index (Phi) is 8.59. The summed E-state index contributed by atoms with van der Waals surface area (Å²) in [6, 6.07) is 17.8. The molecule has 10 heteroatoms. The van der Waals surface area contributed by atoms with Crippen LogP contribution in [0, 0.1) is 6.92 Å². The summed E-state index contributed by atoms with van der Waals surface area (Å²) in [5, 5.41) is 5.46. The van der Waals surface area contributed by atoms with Gasteiger partial charge in [-0.1, -0.05) is 55.7 Å². The number of amides is 1. The molecule has 1 saturated heterocycles. The van der Waals surface area contributed by atoms with E-state index >= 15 is 0 Å². The second kappa shape index (κ2) is 12.5. The second-order valence-electron chi connectivity index (χ2n) is 11.5. The van der Waals surface area contributed by atoms with Crippen LogP contribution in [0.4, 0.5) is 24.0 Å². The molecular weight excluding hydrogens is 571 g/mol. The lowest BCUT2D eigenvalue weighted by molar-refractivity contribution is -0.137. The van der Waals surface area contributed by atoms with Gasteiger partial charge in [0, 0.05) is 55.5 Å². The molecule has 1 N–H and O–H groups in total. The highest BCUT2D eigenvalue weighted by molar-refractivity contribution is 7.14. The Balaban J connectivity index is 1.23. The number of nitrogens with zero attached hydrogens (tertiary/aromatic N) is 4. The topological polar surface area (TPSA) is 53.4 Å². The normalized spacial score (nSPS) is 16.9. The number of hydrogen-bond acceptors (Lipinski definition) is 5. The Bertz CT molecular complexity index is 1550. The van der Waals surface area contributed by atoms with Gasteiger partial charge in [0.05, 0.1) is 22.5 Å². The Morgan fingerprint density at radius 3 is 2.44 bits per heavy atom. The van der Waals surface area contributed by atoms with Gasteiger partial charge in [-0.3, -0.25) is 9.69 Å². The van der Waals surface area contributed by atoms with Crippen molar-refractivity contribution in [1.82, 2.24) is 19.4 Å². The van der Waals surface area contributed by atoms with Gasteiger partial charge in [-0.05, 0) is 49.6 Å². The van der Waals surface area contributed by atoms with Gasteiger partial charge in [0.2, 0.25) is 0 Å². The van der Waals surface area contributed by atoms with E-state index < -0.39 is 11.7 Å². The summed E-state index contributed by atoms with van der Waals surface area (Å²) in [5.74, 6) is 0.0465. The maximum Gasteiger partial charge on any atom is 0.416 e. The molecule has 2 fully saturated rings. The Morgan fingerprint density at radius 1 is 0.977 bits per heavy atom. The van der Waals surface area contributed by atoms with E-state index in [9.17, 15) is 18.0 Å². The lowest BCUT2D eigenvalue weighted by atomic mass is 9.95. The number of nitrogens with one attached hydrogen (secondary N) is 1. The van der Waals surface area contributed by atoms with Gasteiger partial charge < -0.3 is 14.8 Å². The predicted octanol–water partition coefficient (Wildman–Crippen LogP) is 8.15. The molecule has 6 rings (SSSR count). The molecule has 0 unspecified atom stereocenters. The molecule has 1 saturated carbocycles. The molecule has 0 radical (unpaired) electrons. The summed E-state index contributed by atoms with van der Waals surface area (Å²) in [4.78, 5) is 23.0. The van der Waals surface area contributed by atoms with Gasteiger partial charge >= 0.3 is 6.18 Å². The number of alkyl halides is 3. The minimum atomic E-state index is -4.42. The molecule has 0 bridgehead atoms. The lowest BCUT2D eigenvalue weighted by Gasteiger charge is -2.35. The van der Waals surface area contributed by atoms with Crippen LogP contribution in [0.3, 0.4) is 0 Å². The first-order valence-electron chi connectivity index (χ1n) is 14.9. The molecule has 1 amide bonds. The van der Waals surface area contributed by atoms with Gasteiger partial charge in [-0.25, -0.2) is 4.98 Å². The molecule has 226 valence electrons. The zero-order chi connectivity index (χ0) is 30.0. The summed E-state index contributed by atoms with van der Waals surface area (Å²) in [5.41, 5.74) is 4.18. The Hall–Kier alpha value is -3.63. The smallest absolute Gasteiger partial charge is 0.340 e. The largest absolute Gasteiger partial charge is 0.416 e. The summed E-state index contributed by atoms with van der Waals surface area (Å²) in [7, 11) is 0. The van der Waals surface area contributed by atoms with Crippen molar-refractivity contribution in [2.45, 2.75) is 57.8 Å². The number of halogens is 3. The van der Waals surface area contributed by atoms with Gasteiger partial charge in [0.1, 0.15) is 0 Å². The maximum atomic E-state index is 13.9. The van der Waals surface area contributed by atoms with E-state index in [-0.39, 0.29) is 11.9 Å². The minimum absolute atomic E-state index is 0.0465. The van der Waals surface area contributed by atoms with Gasteiger partial charge in [-0.2, -0.15) is 13.2 Å². The van der Waals surface area contributed by atoms with Gasteiger partial charge in [0.15, 0.2) is 5.13 Å². The molecular formula is C33H36F3N5OS. The third kappa shape index (κ3) is 6.65. The van der Waals surface area contributed by atoms with Crippen LogP contribution < -0.4 is 5.32 Å². The van der Waals surface area contributed by atoms with Crippen molar-refractivity contribution < 1.29 is 18.0 Å². The van der Waals surface area contributed by atoms with Crippen molar-refractivity contribution >= 4 is 28.1 Å². The van der Waals surface area contributed by atoms with E-state index in [1.165, 1.54) is 29.4 Å². The standard InChI is InChI=1S/C33H36F3N5OS/c1-23-28(31(42)40-17-15-39(16-18-40)21-24-9-4-2-5-10-24)20-30(41(23)27-13-6-3-7-14-27)29-22-43-32(38-29)37-26-12-8-11-25(19-26)33(34,35)36/h2,4-5,8-12,19-20,22,27H,3,6-7,13-18,21H2,1H3,(H,37,38). The van der Waals surface area contributed by atoms with Crippen molar-refractivity contribution in [3.05, 3.63) is 88.4 Å². The fourth-order valence-corrected chi connectivity index (χ4v) is 7.04. The van der Waals surface area contributed by atoms with Crippen molar-refractivity contribution in [2.24, 2.45) is 0 Å². The SMILES string of the molecule is Cc1c(C(=O)N2CCN(Cc3ccccc3)CC2)cc(-c2csc(Nc3cccc(C(F)(F)F)c3)n2)n1C1CCCCC1. The molecule has 1 aliphatic carbocycles. The third-order valence-corrected chi connectivity index (χ3v) is 9.34. The number of carbonyl (C=O) groups excluding carboxylic acids is 1. The average Bonchev–Trinajstić information content (AvgIpc) is 3.62. The number of carbonyl (C=O) groups is 1. The molecule has 0 spiro atoms. The molecule has 1 aliphatic heterocycles. The maximum absolute atomic E-state index is 13.9. The fraction of sp³-hybridized carbons (Fsp3) is 0.394. The van der Waals surface area contributed by atoms with E-state index in [1.807, 2.05) is 29.3 Å². The van der Waals surface area contributed by atoms with Crippen molar-refractivity contribution in [1.29, 1.82) is 0 Å². The van der Waals surface area contributed by atoms with Crippen LogP contribution >= 0.6 is 11.3 Å². The van der Waals surface area contributed by atoms with E-state index in [0.717, 1.165) is 74.5 Å². The van der Waals surface area contributed by atoms with E-state index in [4.69, 9.17) is 4.98 Å². The molecule has 2 aliphatic rings.